The number of carbonyl (C=O) groups excluding carboxylic acids is 1. The minimum atomic E-state index is -0.407. The average molecular weight is 488 g/mol. The minimum Gasteiger partial charge on any atom is -0.267 e. The first kappa shape index (κ1) is 19.6. The number of benzene rings is 3. The van der Waals surface area contributed by atoms with Gasteiger partial charge in [0, 0.05) is 31.0 Å². The summed E-state index contributed by atoms with van der Waals surface area (Å²) in [5, 5.41) is 1.65. The maximum absolute atomic E-state index is 12.4. The molecule has 0 saturated heterocycles. The van der Waals surface area contributed by atoms with E-state index in [0.29, 0.717) is 15.6 Å². The van der Waals surface area contributed by atoms with Gasteiger partial charge in [-0.05, 0) is 36.4 Å². The maximum Gasteiger partial charge on any atom is 0.269 e. The lowest BCUT2D eigenvalue weighted by Crippen LogP contribution is -2.30. The summed E-state index contributed by atoms with van der Waals surface area (Å²) in [6.45, 7) is 0. The number of hydrazine groups is 1. The Labute approximate surface area is 185 Å². The van der Waals surface area contributed by atoms with Crippen LogP contribution < -0.4 is 10.9 Å². The van der Waals surface area contributed by atoms with Crippen molar-refractivity contribution in [2.75, 3.05) is 5.43 Å². The molecule has 8 heteroatoms. The van der Waals surface area contributed by atoms with E-state index in [0.717, 1.165) is 26.6 Å². The van der Waals surface area contributed by atoms with E-state index in [9.17, 15) is 4.79 Å². The summed E-state index contributed by atoms with van der Waals surface area (Å²) in [5.74, 6) is -0.143. The molecule has 0 aliphatic rings. The van der Waals surface area contributed by atoms with E-state index in [2.05, 4.69) is 36.7 Å². The second kappa shape index (κ2) is 8.37. The molecule has 4 aromatic rings. The lowest BCUT2D eigenvalue weighted by atomic mass is 10.1. The fourth-order valence-corrected chi connectivity index (χ4v) is 3.73. The third kappa shape index (κ3) is 4.50. The summed E-state index contributed by atoms with van der Waals surface area (Å²) in [5.41, 5.74) is 8.11. The van der Waals surface area contributed by atoms with E-state index in [1.807, 2.05) is 48.5 Å². The average Bonchev–Trinajstić information content (AvgIpc) is 2.71. The highest BCUT2D eigenvalue weighted by atomic mass is 79.9. The number of carbonyl (C=O) groups is 1. The molecular weight excluding hydrogens is 475 g/mol. The van der Waals surface area contributed by atoms with Gasteiger partial charge in [-0.1, -0.05) is 69.5 Å². The van der Waals surface area contributed by atoms with Gasteiger partial charge in [0.05, 0.1) is 11.2 Å². The van der Waals surface area contributed by atoms with Crippen molar-refractivity contribution in [2.45, 2.75) is 0 Å². The lowest BCUT2D eigenvalue weighted by Gasteiger charge is -2.12. The predicted octanol–water partition coefficient (Wildman–Crippen LogP) is 6.12. The molecule has 5 nitrogen and oxygen atoms in total. The molecule has 0 saturated carbocycles. The Kier molecular flexibility index (Phi) is 5.67. The highest BCUT2D eigenvalue weighted by molar-refractivity contribution is 9.10. The molecule has 3 aromatic carbocycles. The SMILES string of the molecule is O=C(NNc1nc(-c2ccccc2)c2cc(Br)ccc2n1)c1cc(Cl)cc(Cl)c1. The third-order valence-corrected chi connectivity index (χ3v) is 5.05. The topological polar surface area (TPSA) is 66.9 Å². The number of anilines is 1. The van der Waals surface area contributed by atoms with Crippen LogP contribution in [0.25, 0.3) is 22.2 Å². The molecule has 0 unspecified atom stereocenters. The Bertz CT molecular complexity index is 1200. The number of aromatic nitrogens is 2. The zero-order chi connectivity index (χ0) is 20.4. The van der Waals surface area contributed by atoms with Crippen molar-refractivity contribution in [3.05, 3.63) is 86.8 Å². The smallest absolute Gasteiger partial charge is 0.267 e. The van der Waals surface area contributed by atoms with Gasteiger partial charge >= 0.3 is 0 Å². The lowest BCUT2D eigenvalue weighted by molar-refractivity contribution is 0.0962. The molecule has 4 rings (SSSR count). The first-order valence-corrected chi connectivity index (χ1v) is 10.1. The molecule has 0 spiro atoms. The Balaban J connectivity index is 1.67. The highest BCUT2D eigenvalue weighted by Crippen LogP contribution is 2.29. The van der Waals surface area contributed by atoms with Crippen LogP contribution in [-0.4, -0.2) is 15.9 Å². The molecule has 0 radical (unpaired) electrons. The number of fused-ring (bicyclic) bond motifs is 1. The van der Waals surface area contributed by atoms with Gasteiger partial charge in [-0.2, -0.15) is 0 Å². The van der Waals surface area contributed by atoms with E-state index in [4.69, 9.17) is 23.2 Å². The number of amides is 1. The Morgan fingerprint density at radius 3 is 2.34 bits per heavy atom. The van der Waals surface area contributed by atoms with Crippen LogP contribution in [0.2, 0.25) is 10.0 Å². The number of rotatable bonds is 4. The van der Waals surface area contributed by atoms with Crippen molar-refractivity contribution in [3.8, 4) is 11.3 Å². The summed E-state index contributed by atoms with van der Waals surface area (Å²) < 4.78 is 0.928. The van der Waals surface area contributed by atoms with Crippen LogP contribution in [0.4, 0.5) is 5.95 Å². The molecule has 1 amide bonds. The molecule has 1 aromatic heterocycles. The molecular formula is C21H13BrCl2N4O. The molecule has 0 bridgehead atoms. The fourth-order valence-electron chi connectivity index (χ4n) is 2.84. The molecule has 0 aliphatic carbocycles. The third-order valence-electron chi connectivity index (χ3n) is 4.12. The first-order chi connectivity index (χ1) is 14.0. The highest BCUT2D eigenvalue weighted by Gasteiger charge is 2.12. The summed E-state index contributed by atoms with van der Waals surface area (Å²) in [6.07, 6.45) is 0. The molecule has 0 atom stereocenters. The predicted molar refractivity (Wildman–Crippen MR) is 120 cm³/mol. The number of nitrogens with one attached hydrogen (secondary N) is 2. The fraction of sp³-hybridized carbons (Fsp3) is 0. The van der Waals surface area contributed by atoms with E-state index < -0.39 is 5.91 Å². The van der Waals surface area contributed by atoms with E-state index >= 15 is 0 Å². The van der Waals surface area contributed by atoms with Crippen LogP contribution in [0, 0.1) is 0 Å². The second-order valence-corrected chi connectivity index (χ2v) is 7.95. The van der Waals surface area contributed by atoms with E-state index in [1.165, 1.54) is 12.1 Å². The zero-order valence-electron chi connectivity index (χ0n) is 14.8. The van der Waals surface area contributed by atoms with Crippen molar-refractivity contribution in [3.63, 3.8) is 0 Å². The van der Waals surface area contributed by atoms with E-state index in [-0.39, 0.29) is 5.95 Å². The summed E-state index contributed by atoms with van der Waals surface area (Å²) in [6, 6.07) is 20.1. The summed E-state index contributed by atoms with van der Waals surface area (Å²) in [4.78, 5) is 21.5. The normalized spacial score (nSPS) is 10.7. The van der Waals surface area contributed by atoms with Crippen LogP contribution in [0.3, 0.4) is 0 Å². The van der Waals surface area contributed by atoms with Gasteiger partial charge < -0.3 is 0 Å². The van der Waals surface area contributed by atoms with Gasteiger partial charge in [0.15, 0.2) is 0 Å². The van der Waals surface area contributed by atoms with Crippen molar-refractivity contribution >= 4 is 61.9 Å². The van der Waals surface area contributed by atoms with Crippen LogP contribution >= 0.6 is 39.1 Å². The van der Waals surface area contributed by atoms with E-state index in [1.54, 1.807) is 6.07 Å². The molecule has 0 fully saturated rings. The minimum absolute atomic E-state index is 0.264. The van der Waals surface area contributed by atoms with Gasteiger partial charge in [-0.3, -0.25) is 15.6 Å². The summed E-state index contributed by atoms with van der Waals surface area (Å²) in [7, 11) is 0. The summed E-state index contributed by atoms with van der Waals surface area (Å²) >= 11 is 15.4. The molecule has 0 aliphatic heterocycles. The Hall–Kier alpha value is -2.67. The number of halogens is 3. The Morgan fingerprint density at radius 1 is 0.897 bits per heavy atom. The number of hydrogen-bond donors (Lipinski definition) is 2. The van der Waals surface area contributed by atoms with Crippen molar-refractivity contribution in [2.24, 2.45) is 0 Å². The number of hydrogen-bond acceptors (Lipinski definition) is 4. The van der Waals surface area contributed by atoms with Crippen LogP contribution in [0.1, 0.15) is 10.4 Å². The monoisotopic (exact) mass is 486 g/mol. The van der Waals surface area contributed by atoms with Crippen LogP contribution in [-0.2, 0) is 0 Å². The molecule has 2 N–H and O–H groups in total. The van der Waals surface area contributed by atoms with Crippen molar-refractivity contribution < 1.29 is 4.79 Å². The maximum atomic E-state index is 12.4. The second-order valence-electron chi connectivity index (χ2n) is 6.16. The Morgan fingerprint density at radius 2 is 1.62 bits per heavy atom. The molecule has 144 valence electrons. The zero-order valence-corrected chi connectivity index (χ0v) is 17.9. The molecule has 1 heterocycles. The number of nitrogens with zero attached hydrogens (tertiary/aromatic N) is 2. The largest absolute Gasteiger partial charge is 0.269 e. The van der Waals surface area contributed by atoms with Gasteiger partial charge in [0.2, 0.25) is 5.95 Å². The standard InChI is InChI=1S/C21H13BrCl2N4O/c22-14-6-7-18-17(10-14)19(12-4-2-1-3-5-12)26-21(25-18)28-27-20(29)13-8-15(23)11-16(24)9-13/h1-11H,(H,27,29)(H,25,26,28). The van der Waals surface area contributed by atoms with Gasteiger partial charge in [-0.25, -0.2) is 9.97 Å². The van der Waals surface area contributed by atoms with Crippen LogP contribution in [0.5, 0.6) is 0 Å². The van der Waals surface area contributed by atoms with Gasteiger partial charge in [0.25, 0.3) is 5.91 Å². The first-order valence-electron chi connectivity index (χ1n) is 8.55. The molecule has 29 heavy (non-hydrogen) atoms. The van der Waals surface area contributed by atoms with Crippen LogP contribution in [0.15, 0.2) is 71.2 Å². The van der Waals surface area contributed by atoms with Crippen molar-refractivity contribution in [1.82, 2.24) is 15.4 Å². The quantitative estimate of drug-likeness (QED) is 0.340. The van der Waals surface area contributed by atoms with Crippen molar-refractivity contribution in [1.29, 1.82) is 0 Å². The van der Waals surface area contributed by atoms with Gasteiger partial charge in [0.1, 0.15) is 0 Å². The van der Waals surface area contributed by atoms with Gasteiger partial charge in [-0.15, -0.1) is 0 Å².